The molecule has 0 radical (unpaired) electrons. The van der Waals surface area contributed by atoms with E-state index in [1.165, 1.54) is 25.7 Å². The molecular formula is C16H28N4O. The highest BCUT2D eigenvalue weighted by Crippen LogP contribution is 2.45. The molecule has 0 spiro atoms. The van der Waals surface area contributed by atoms with E-state index < -0.39 is 0 Å². The first-order valence-corrected chi connectivity index (χ1v) is 8.05. The van der Waals surface area contributed by atoms with Crippen LogP contribution in [0.15, 0.2) is 21.8 Å². The number of nitrogens with one attached hydrogen (secondary N) is 2. The summed E-state index contributed by atoms with van der Waals surface area (Å²) in [7, 11) is 0. The number of nitrogens with zero attached hydrogens (tertiary/aromatic N) is 2. The molecule has 1 fully saturated rings. The summed E-state index contributed by atoms with van der Waals surface area (Å²) in [5, 5.41) is 10.7. The van der Waals surface area contributed by atoms with Gasteiger partial charge in [0.05, 0.1) is 6.54 Å². The molecule has 5 heteroatoms. The summed E-state index contributed by atoms with van der Waals surface area (Å²) in [4.78, 5) is 4.57. The van der Waals surface area contributed by atoms with Crippen LogP contribution in [0.5, 0.6) is 0 Å². The normalized spacial score (nSPS) is 17.6. The summed E-state index contributed by atoms with van der Waals surface area (Å²) in [5.74, 6) is 1.62. The van der Waals surface area contributed by atoms with Crippen LogP contribution in [0.1, 0.15) is 52.1 Å². The molecule has 5 nitrogen and oxygen atoms in total. The van der Waals surface area contributed by atoms with Crippen LogP contribution in [-0.2, 0) is 6.54 Å². The van der Waals surface area contributed by atoms with Gasteiger partial charge in [-0.15, -0.1) is 0 Å². The van der Waals surface area contributed by atoms with E-state index >= 15 is 0 Å². The zero-order chi connectivity index (χ0) is 15.1. The Bertz CT molecular complexity index is 435. The van der Waals surface area contributed by atoms with E-state index in [0.717, 1.165) is 30.7 Å². The summed E-state index contributed by atoms with van der Waals surface area (Å²) < 4.78 is 4.83. The minimum absolute atomic E-state index is 0.470. The molecule has 1 aliphatic carbocycles. The zero-order valence-electron chi connectivity index (χ0n) is 13.5. The van der Waals surface area contributed by atoms with Gasteiger partial charge in [-0.25, -0.2) is 4.99 Å². The van der Waals surface area contributed by atoms with Crippen LogP contribution in [0.25, 0.3) is 0 Å². The van der Waals surface area contributed by atoms with Crippen LogP contribution < -0.4 is 10.6 Å². The summed E-state index contributed by atoms with van der Waals surface area (Å²) >= 11 is 0. The molecule has 0 atom stereocenters. The maximum absolute atomic E-state index is 4.83. The second kappa shape index (κ2) is 7.48. The van der Waals surface area contributed by atoms with Crippen LogP contribution >= 0.6 is 0 Å². The lowest BCUT2D eigenvalue weighted by Crippen LogP contribution is -2.47. The molecule has 1 heterocycles. The number of hydrogen-bond donors (Lipinski definition) is 2. The smallest absolute Gasteiger partial charge is 0.191 e. The monoisotopic (exact) mass is 292 g/mol. The molecule has 0 aromatic carbocycles. The fourth-order valence-electron chi connectivity index (χ4n) is 3.09. The second-order valence-corrected chi connectivity index (χ2v) is 6.49. The molecule has 2 rings (SSSR count). The van der Waals surface area contributed by atoms with E-state index in [1.807, 2.05) is 6.07 Å². The van der Waals surface area contributed by atoms with Crippen molar-refractivity contribution in [3.63, 3.8) is 0 Å². The molecule has 2 N–H and O–H groups in total. The van der Waals surface area contributed by atoms with Crippen molar-refractivity contribution in [3.8, 4) is 0 Å². The Kier molecular flexibility index (Phi) is 5.65. The average molecular weight is 292 g/mol. The van der Waals surface area contributed by atoms with Crippen LogP contribution in [0.3, 0.4) is 0 Å². The third-order valence-corrected chi connectivity index (χ3v) is 4.12. The quantitative estimate of drug-likeness (QED) is 0.599. The lowest BCUT2D eigenvalue weighted by molar-refractivity contribution is 0.104. The van der Waals surface area contributed by atoms with Crippen molar-refractivity contribution >= 4 is 5.96 Å². The number of aromatic nitrogens is 1. The van der Waals surface area contributed by atoms with Gasteiger partial charge in [-0.2, -0.15) is 0 Å². The van der Waals surface area contributed by atoms with E-state index in [4.69, 9.17) is 4.52 Å². The Morgan fingerprint density at radius 1 is 1.43 bits per heavy atom. The van der Waals surface area contributed by atoms with Gasteiger partial charge in [0.15, 0.2) is 5.96 Å². The third kappa shape index (κ3) is 4.76. The first-order chi connectivity index (χ1) is 10.1. The molecule has 0 aliphatic heterocycles. The second-order valence-electron chi connectivity index (χ2n) is 6.49. The predicted molar refractivity (Wildman–Crippen MR) is 85.1 cm³/mol. The van der Waals surface area contributed by atoms with Gasteiger partial charge in [-0.05, 0) is 37.5 Å². The summed E-state index contributed by atoms with van der Waals surface area (Å²) in [6, 6.07) is 1.85. The molecule has 1 aromatic rings. The lowest BCUT2D eigenvalue weighted by Gasteiger charge is -2.43. The van der Waals surface area contributed by atoms with Gasteiger partial charge in [0.2, 0.25) is 0 Å². The van der Waals surface area contributed by atoms with Crippen LogP contribution in [0.4, 0.5) is 0 Å². The first-order valence-electron chi connectivity index (χ1n) is 8.05. The van der Waals surface area contributed by atoms with Gasteiger partial charge < -0.3 is 15.2 Å². The van der Waals surface area contributed by atoms with Crippen molar-refractivity contribution in [1.29, 1.82) is 0 Å². The predicted octanol–water partition coefficient (Wildman–Crippen LogP) is 2.95. The summed E-state index contributed by atoms with van der Waals surface area (Å²) in [6.07, 6.45) is 6.91. The fourth-order valence-corrected chi connectivity index (χ4v) is 3.09. The van der Waals surface area contributed by atoms with E-state index in [-0.39, 0.29) is 0 Å². The SMILES string of the molecule is CCNC(=NCc1ccon1)NCC1(CC(C)C)CCC1. The molecule has 1 saturated carbocycles. The number of guanidine groups is 1. The van der Waals surface area contributed by atoms with Gasteiger partial charge in [0.25, 0.3) is 0 Å². The fraction of sp³-hybridized carbons (Fsp3) is 0.750. The highest BCUT2D eigenvalue weighted by atomic mass is 16.5. The van der Waals surface area contributed by atoms with Crippen LogP contribution in [0, 0.1) is 11.3 Å². The standard InChI is InChI=1S/C16H28N4O/c1-4-17-15(18-11-14-6-9-21-20-14)19-12-16(7-5-8-16)10-13(2)3/h6,9,13H,4-5,7-8,10-12H2,1-3H3,(H2,17,18,19). The number of rotatable bonds is 7. The summed E-state index contributed by atoms with van der Waals surface area (Å²) in [5.41, 5.74) is 1.32. The molecule has 1 aromatic heterocycles. The van der Waals surface area contributed by atoms with Gasteiger partial charge in [-0.3, -0.25) is 0 Å². The Morgan fingerprint density at radius 2 is 2.24 bits per heavy atom. The van der Waals surface area contributed by atoms with E-state index in [2.05, 4.69) is 41.6 Å². The molecule has 118 valence electrons. The molecule has 0 saturated heterocycles. The van der Waals surface area contributed by atoms with Crippen molar-refractivity contribution in [2.24, 2.45) is 16.3 Å². The number of aliphatic imine (C=N–C) groups is 1. The topological polar surface area (TPSA) is 62.5 Å². The lowest BCUT2D eigenvalue weighted by atomic mass is 9.64. The number of hydrogen-bond acceptors (Lipinski definition) is 3. The first kappa shape index (κ1) is 15.9. The molecular weight excluding hydrogens is 264 g/mol. The molecule has 0 unspecified atom stereocenters. The van der Waals surface area contributed by atoms with Crippen molar-refractivity contribution in [2.75, 3.05) is 13.1 Å². The Balaban J connectivity index is 1.88. The average Bonchev–Trinajstić information content (AvgIpc) is 2.91. The Labute approximate surface area is 127 Å². The summed E-state index contributed by atoms with van der Waals surface area (Å²) in [6.45, 7) is 9.12. The van der Waals surface area contributed by atoms with Crippen LogP contribution in [0.2, 0.25) is 0 Å². The van der Waals surface area contributed by atoms with E-state index in [0.29, 0.717) is 12.0 Å². The molecule has 0 amide bonds. The Hall–Kier alpha value is -1.52. The highest BCUT2D eigenvalue weighted by Gasteiger charge is 2.37. The minimum Gasteiger partial charge on any atom is -0.364 e. The minimum atomic E-state index is 0.470. The third-order valence-electron chi connectivity index (χ3n) is 4.12. The van der Waals surface area contributed by atoms with Crippen molar-refractivity contribution < 1.29 is 4.52 Å². The van der Waals surface area contributed by atoms with E-state index in [9.17, 15) is 0 Å². The molecule has 1 aliphatic rings. The molecule has 21 heavy (non-hydrogen) atoms. The van der Waals surface area contributed by atoms with Crippen molar-refractivity contribution in [3.05, 3.63) is 18.0 Å². The zero-order valence-corrected chi connectivity index (χ0v) is 13.5. The Morgan fingerprint density at radius 3 is 2.76 bits per heavy atom. The maximum Gasteiger partial charge on any atom is 0.191 e. The van der Waals surface area contributed by atoms with Gasteiger partial charge >= 0.3 is 0 Å². The van der Waals surface area contributed by atoms with Crippen molar-refractivity contribution in [2.45, 2.75) is 53.0 Å². The van der Waals surface area contributed by atoms with Crippen molar-refractivity contribution in [1.82, 2.24) is 15.8 Å². The largest absolute Gasteiger partial charge is 0.364 e. The van der Waals surface area contributed by atoms with E-state index in [1.54, 1.807) is 6.26 Å². The van der Waals surface area contributed by atoms with Gasteiger partial charge in [0.1, 0.15) is 12.0 Å². The highest BCUT2D eigenvalue weighted by molar-refractivity contribution is 5.79. The van der Waals surface area contributed by atoms with Gasteiger partial charge in [-0.1, -0.05) is 25.4 Å². The molecule has 0 bridgehead atoms. The van der Waals surface area contributed by atoms with Gasteiger partial charge in [0, 0.05) is 19.2 Å². The van der Waals surface area contributed by atoms with Crippen LogP contribution in [-0.4, -0.2) is 24.2 Å². The maximum atomic E-state index is 4.83.